The van der Waals surface area contributed by atoms with Crippen molar-refractivity contribution in [2.24, 2.45) is 0 Å². The van der Waals surface area contributed by atoms with Crippen molar-refractivity contribution < 1.29 is 4.74 Å². The Morgan fingerprint density at radius 1 is 1.41 bits per heavy atom. The summed E-state index contributed by atoms with van der Waals surface area (Å²) in [7, 11) is 3.89. The van der Waals surface area contributed by atoms with Crippen LogP contribution in [0.4, 0.5) is 0 Å². The number of aromatic nitrogens is 1. The minimum atomic E-state index is 0.841. The summed E-state index contributed by atoms with van der Waals surface area (Å²) < 4.78 is 5.03. The van der Waals surface area contributed by atoms with Crippen LogP contribution in [-0.2, 0) is 11.3 Å². The minimum Gasteiger partial charge on any atom is -0.385 e. The molecule has 1 rings (SSSR count). The lowest BCUT2D eigenvalue weighted by molar-refractivity contribution is 0.179. The summed E-state index contributed by atoms with van der Waals surface area (Å²) in [5, 5.41) is 3.41. The first-order valence-corrected chi connectivity index (χ1v) is 6.10. The van der Waals surface area contributed by atoms with Crippen LogP contribution in [0.1, 0.15) is 12.0 Å². The molecule has 17 heavy (non-hydrogen) atoms. The molecule has 0 aromatic carbocycles. The number of nitrogens with one attached hydrogen (secondary N) is 1. The molecule has 0 atom stereocenters. The Morgan fingerprint density at radius 2 is 2.29 bits per heavy atom. The summed E-state index contributed by atoms with van der Waals surface area (Å²) in [5.74, 6) is 0. The first-order valence-electron chi connectivity index (χ1n) is 6.10. The zero-order valence-electron chi connectivity index (χ0n) is 10.9. The second-order valence-corrected chi connectivity index (χ2v) is 4.19. The SMILES string of the molecule is COCCCN(C)CCNCc1cccnc1. The van der Waals surface area contributed by atoms with Crippen molar-refractivity contribution in [2.75, 3.05) is 40.4 Å². The summed E-state index contributed by atoms with van der Waals surface area (Å²) >= 11 is 0. The van der Waals surface area contributed by atoms with Gasteiger partial charge in [-0.2, -0.15) is 0 Å². The lowest BCUT2D eigenvalue weighted by Crippen LogP contribution is -2.30. The largest absolute Gasteiger partial charge is 0.385 e. The molecule has 0 amide bonds. The number of hydrogen-bond acceptors (Lipinski definition) is 4. The van der Waals surface area contributed by atoms with E-state index in [0.717, 1.165) is 39.2 Å². The molecule has 0 spiro atoms. The van der Waals surface area contributed by atoms with Gasteiger partial charge in [-0.25, -0.2) is 0 Å². The summed E-state index contributed by atoms with van der Waals surface area (Å²) in [6.07, 6.45) is 4.79. The highest BCUT2D eigenvalue weighted by molar-refractivity contribution is 5.07. The van der Waals surface area contributed by atoms with E-state index in [9.17, 15) is 0 Å². The zero-order valence-corrected chi connectivity index (χ0v) is 10.9. The Balaban J connectivity index is 2.00. The smallest absolute Gasteiger partial charge is 0.0474 e. The standard InChI is InChI=1S/C13H23N3O/c1-16(8-4-10-17-2)9-7-15-12-13-5-3-6-14-11-13/h3,5-6,11,15H,4,7-10,12H2,1-2H3. The van der Waals surface area contributed by atoms with Gasteiger partial charge in [0.1, 0.15) is 0 Å². The number of rotatable bonds is 9. The third-order valence-corrected chi connectivity index (χ3v) is 2.61. The number of methoxy groups -OCH3 is 1. The van der Waals surface area contributed by atoms with E-state index in [-0.39, 0.29) is 0 Å². The van der Waals surface area contributed by atoms with Gasteiger partial charge in [-0.15, -0.1) is 0 Å². The topological polar surface area (TPSA) is 37.4 Å². The van der Waals surface area contributed by atoms with Crippen LogP contribution in [0.15, 0.2) is 24.5 Å². The number of ether oxygens (including phenoxy) is 1. The maximum absolute atomic E-state index is 5.03. The Bertz CT molecular complexity index is 279. The highest BCUT2D eigenvalue weighted by Crippen LogP contribution is 1.94. The molecular weight excluding hydrogens is 214 g/mol. The molecule has 0 saturated heterocycles. The van der Waals surface area contributed by atoms with Gasteiger partial charge < -0.3 is 15.0 Å². The lowest BCUT2D eigenvalue weighted by atomic mass is 10.3. The molecule has 96 valence electrons. The Hall–Kier alpha value is -0.970. The van der Waals surface area contributed by atoms with Crippen molar-refractivity contribution >= 4 is 0 Å². The van der Waals surface area contributed by atoms with E-state index < -0.39 is 0 Å². The number of pyridine rings is 1. The Morgan fingerprint density at radius 3 is 3.00 bits per heavy atom. The van der Waals surface area contributed by atoms with E-state index in [1.54, 1.807) is 13.3 Å². The van der Waals surface area contributed by atoms with Crippen LogP contribution in [0.2, 0.25) is 0 Å². The number of likely N-dealkylation sites (N-methyl/N-ethyl adjacent to an activating group) is 1. The average Bonchev–Trinajstić information content (AvgIpc) is 2.36. The van der Waals surface area contributed by atoms with Crippen molar-refractivity contribution in [3.05, 3.63) is 30.1 Å². The van der Waals surface area contributed by atoms with Crippen molar-refractivity contribution in [1.29, 1.82) is 0 Å². The van der Waals surface area contributed by atoms with E-state index in [2.05, 4.69) is 28.3 Å². The molecule has 0 bridgehead atoms. The molecule has 0 fully saturated rings. The van der Waals surface area contributed by atoms with E-state index in [1.165, 1.54) is 5.56 Å². The Kier molecular flexibility index (Phi) is 7.54. The molecular formula is C13H23N3O. The van der Waals surface area contributed by atoms with Gasteiger partial charge in [0.15, 0.2) is 0 Å². The predicted octanol–water partition coefficient (Wildman–Crippen LogP) is 1.14. The van der Waals surface area contributed by atoms with E-state index in [4.69, 9.17) is 4.74 Å². The third kappa shape index (κ3) is 7.05. The first kappa shape index (κ1) is 14.1. The molecule has 1 heterocycles. The van der Waals surface area contributed by atoms with Gasteiger partial charge in [0.2, 0.25) is 0 Å². The van der Waals surface area contributed by atoms with Crippen molar-refractivity contribution in [3.8, 4) is 0 Å². The van der Waals surface area contributed by atoms with Gasteiger partial charge in [0, 0.05) is 52.3 Å². The van der Waals surface area contributed by atoms with Gasteiger partial charge in [-0.05, 0) is 25.1 Å². The monoisotopic (exact) mass is 237 g/mol. The maximum Gasteiger partial charge on any atom is 0.0474 e. The van der Waals surface area contributed by atoms with Crippen molar-refractivity contribution in [3.63, 3.8) is 0 Å². The van der Waals surface area contributed by atoms with Crippen LogP contribution < -0.4 is 5.32 Å². The molecule has 0 saturated carbocycles. The summed E-state index contributed by atoms with van der Waals surface area (Å²) in [4.78, 5) is 6.40. The number of hydrogen-bond donors (Lipinski definition) is 1. The van der Waals surface area contributed by atoms with E-state index in [0.29, 0.717) is 0 Å². The van der Waals surface area contributed by atoms with E-state index >= 15 is 0 Å². The maximum atomic E-state index is 5.03. The lowest BCUT2D eigenvalue weighted by Gasteiger charge is -2.16. The fourth-order valence-corrected chi connectivity index (χ4v) is 1.60. The number of nitrogens with zero attached hydrogens (tertiary/aromatic N) is 2. The van der Waals surface area contributed by atoms with Gasteiger partial charge in [0.25, 0.3) is 0 Å². The van der Waals surface area contributed by atoms with E-state index in [1.807, 2.05) is 12.3 Å². The summed E-state index contributed by atoms with van der Waals surface area (Å²) in [5.41, 5.74) is 1.23. The van der Waals surface area contributed by atoms with Crippen LogP contribution in [0, 0.1) is 0 Å². The van der Waals surface area contributed by atoms with Crippen LogP contribution in [-0.4, -0.2) is 50.3 Å². The van der Waals surface area contributed by atoms with Gasteiger partial charge >= 0.3 is 0 Å². The quantitative estimate of drug-likeness (QED) is 0.654. The average molecular weight is 237 g/mol. The van der Waals surface area contributed by atoms with Gasteiger partial charge in [-0.3, -0.25) is 4.98 Å². The van der Waals surface area contributed by atoms with Gasteiger partial charge in [0.05, 0.1) is 0 Å². The highest BCUT2D eigenvalue weighted by atomic mass is 16.5. The van der Waals surface area contributed by atoms with Gasteiger partial charge in [-0.1, -0.05) is 6.07 Å². The second-order valence-electron chi connectivity index (χ2n) is 4.19. The van der Waals surface area contributed by atoms with Crippen molar-refractivity contribution in [1.82, 2.24) is 15.2 Å². The first-order chi connectivity index (χ1) is 8.33. The highest BCUT2D eigenvalue weighted by Gasteiger charge is 1.97. The molecule has 4 nitrogen and oxygen atoms in total. The fraction of sp³-hybridized carbons (Fsp3) is 0.615. The zero-order chi connectivity index (χ0) is 12.3. The predicted molar refractivity (Wildman–Crippen MR) is 69.9 cm³/mol. The molecule has 0 unspecified atom stereocenters. The molecule has 0 radical (unpaired) electrons. The minimum absolute atomic E-state index is 0.841. The molecule has 1 aromatic rings. The van der Waals surface area contributed by atoms with Crippen LogP contribution >= 0.6 is 0 Å². The third-order valence-electron chi connectivity index (χ3n) is 2.61. The summed E-state index contributed by atoms with van der Waals surface area (Å²) in [6.45, 7) is 4.87. The molecule has 0 aliphatic rings. The fourth-order valence-electron chi connectivity index (χ4n) is 1.60. The Labute approximate surface area is 104 Å². The molecule has 0 aliphatic carbocycles. The van der Waals surface area contributed by atoms with Crippen LogP contribution in [0.5, 0.6) is 0 Å². The van der Waals surface area contributed by atoms with Crippen LogP contribution in [0.25, 0.3) is 0 Å². The van der Waals surface area contributed by atoms with Crippen molar-refractivity contribution in [2.45, 2.75) is 13.0 Å². The molecule has 1 N–H and O–H groups in total. The molecule has 4 heteroatoms. The molecule has 0 aliphatic heterocycles. The molecule has 1 aromatic heterocycles. The second kappa shape index (κ2) is 9.10. The van der Waals surface area contributed by atoms with Crippen LogP contribution in [0.3, 0.4) is 0 Å². The normalized spacial score (nSPS) is 11.0. The summed E-state index contributed by atoms with van der Waals surface area (Å²) in [6, 6.07) is 4.05.